The van der Waals surface area contributed by atoms with Gasteiger partial charge < -0.3 is 25.8 Å². The van der Waals surface area contributed by atoms with E-state index in [1.54, 1.807) is 0 Å². The Kier molecular flexibility index (Phi) is 3.61. The summed E-state index contributed by atoms with van der Waals surface area (Å²) in [5, 5.41) is 19.9. The average Bonchev–Trinajstić information content (AvgIpc) is 3.08. The molecule has 1 saturated heterocycles. The molecule has 2 fully saturated rings. The van der Waals surface area contributed by atoms with Gasteiger partial charge in [0.1, 0.15) is 5.75 Å². The standard InChI is InChI=1S/C21H23N3O4/c1-9-2-3-10-6-11(24-7-13-14(8-24)17(13)22)4-5-12(10)18-15(9)19(25)16(21(27)28)20(26)23-18/h4-6,9,13-14,17H,2-3,7-8,22H2,1H3,(H,27,28)(H2,23,25,26)/t9?,13-,14+,17?. The zero-order chi connectivity index (χ0) is 19.7. The van der Waals surface area contributed by atoms with Crippen LogP contribution in [0.25, 0.3) is 11.3 Å². The highest BCUT2D eigenvalue weighted by Gasteiger charge is 2.53. The molecule has 2 aliphatic carbocycles. The topological polar surface area (TPSA) is 120 Å². The summed E-state index contributed by atoms with van der Waals surface area (Å²) in [6.07, 6.45) is 1.56. The van der Waals surface area contributed by atoms with Crippen LogP contribution >= 0.6 is 0 Å². The molecular weight excluding hydrogens is 358 g/mol. The Bertz CT molecular complexity index is 1050. The van der Waals surface area contributed by atoms with Crippen molar-refractivity contribution in [3.8, 4) is 17.0 Å². The Morgan fingerprint density at radius 3 is 2.68 bits per heavy atom. The van der Waals surface area contributed by atoms with Crippen molar-refractivity contribution in [1.29, 1.82) is 0 Å². The van der Waals surface area contributed by atoms with Crippen molar-refractivity contribution in [2.24, 2.45) is 17.6 Å². The quantitative estimate of drug-likeness (QED) is 0.631. The summed E-state index contributed by atoms with van der Waals surface area (Å²) >= 11 is 0. The molecule has 1 aromatic carbocycles. The Balaban J connectivity index is 1.60. The zero-order valence-corrected chi connectivity index (χ0v) is 15.6. The number of nitrogens with one attached hydrogen (secondary N) is 1. The number of carboxylic acid groups (broad SMARTS) is 1. The molecule has 0 radical (unpaired) electrons. The van der Waals surface area contributed by atoms with Crippen molar-refractivity contribution in [2.75, 3.05) is 18.0 Å². The minimum Gasteiger partial charge on any atom is -0.506 e. The molecule has 0 bridgehead atoms. The van der Waals surface area contributed by atoms with E-state index in [9.17, 15) is 19.8 Å². The Hall–Kier alpha value is -2.80. The third kappa shape index (κ3) is 2.39. The van der Waals surface area contributed by atoms with Crippen LogP contribution in [0.3, 0.4) is 0 Å². The van der Waals surface area contributed by atoms with E-state index in [1.165, 1.54) is 0 Å². The molecule has 2 unspecified atom stereocenters. The average molecular weight is 381 g/mol. The number of aromatic amines is 1. The highest BCUT2D eigenvalue weighted by molar-refractivity contribution is 5.92. The van der Waals surface area contributed by atoms with E-state index in [4.69, 9.17) is 5.73 Å². The number of aromatic hydroxyl groups is 1. The number of anilines is 1. The van der Waals surface area contributed by atoms with Crippen molar-refractivity contribution in [3.63, 3.8) is 0 Å². The van der Waals surface area contributed by atoms with Crippen molar-refractivity contribution < 1.29 is 15.0 Å². The number of carboxylic acids is 1. The molecule has 0 spiro atoms. The molecule has 146 valence electrons. The fourth-order valence-corrected chi connectivity index (χ4v) is 5.02. The summed E-state index contributed by atoms with van der Waals surface area (Å²) in [7, 11) is 0. The van der Waals surface area contributed by atoms with E-state index >= 15 is 0 Å². The van der Waals surface area contributed by atoms with E-state index in [0.717, 1.165) is 42.7 Å². The number of rotatable bonds is 2. The molecule has 7 nitrogen and oxygen atoms in total. The number of aromatic nitrogens is 1. The van der Waals surface area contributed by atoms with Crippen LogP contribution in [-0.2, 0) is 6.42 Å². The monoisotopic (exact) mass is 381 g/mol. The van der Waals surface area contributed by atoms with Crippen LogP contribution < -0.4 is 16.2 Å². The SMILES string of the molecule is CC1CCc2cc(N3C[C@@H]4C(N)[C@@H]4C3)ccc2-c2[nH]c(=O)c(C(=O)O)c(O)c21. The maximum Gasteiger partial charge on any atom is 0.345 e. The molecule has 1 aromatic heterocycles. The molecule has 2 aromatic rings. The van der Waals surface area contributed by atoms with Crippen LogP contribution in [0, 0.1) is 11.8 Å². The molecule has 5 N–H and O–H groups in total. The van der Waals surface area contributed by atoms with Gasteiger partial charge in [-0.1, -0.05) is 13.0 Å². The van der Waals surface area contributed by atoms with Gasteiger partial charge in [-0.2, -0.15) is 0 Å². The largest absolute Gasteiger partial charge is 0.506 e. The number of piperidine rings is 1. The lowest BCUT2D eigenvalue weighted by atomic mass is 9.93. The number of nitrogens with zero attached hydrogens (tertiary/aromatic N) is 1. The molecular formula is C21H23N3O4. The Labute approximate surface area is 161 Å². The number of fused-ring (bicyclic) bond motifs is 4. The summed E-state index contributed by atoms with van der Waals surface area (Å²) in [5.74, 6) is -0.702. The minimum absolute atomic E-state index is 0.0711. The number of H-pyrrole nitrogens is 1. The van der Waals surface area contributed by atoms with Crippen molar-refractivity contribution in [2.45, 2.75) is 31.7 Å². The number of nitrogens with two attached hydrogens (primary N) is 1. The smallest absolute Gasteiger partial charge is 0.345 e. The summed E-state index contributed by atoms with van der Waals surface area (Å²) in [4.78, 5) is 28.8. The van der Waals surface area contributed by atoms with Crippen LogP contribution in [0.15, 0.2) is 23.0 Å². The van der Waals surface area contributed by atoms with E-state index < -0.39 is 22.8 Å². The molecule has 0 amide bonds. The van der Waals surface area contributed by atoms with Gasteiger partial charge in [0.05, 0.1) is 5.69 Å². The highest BCUT2D eigenvalue weighted by atomic mass is 16.4. The minimum atomic E-state index is -1.42. The Morgan fingerprint density at radius 2 is 2.00 bits per heavy atom. The van der Waals surface area contributed by atoms with Gasteiger partial charge in [0, 0.05) is 35.9 Å². The van der Waals surface area contributed by atoms with Crippen LogP contribution in [0.1, 0.15) is 40.7 Å². The third-order valence-corrected chi connectivity index (χ3v) is 6.76. The summed E-state index contributed by atoms with van der Waals surface area (Å²) in [6.45, 7) is 3.92. The molecule has 5 rings (SSSR count). The lowest BCUT2D eigenvalue weighted by Gasteiger charge is -2.23. The second kappa shape index (κ2) is 5.85. The van der Waals surface area contributed by atoms with E-state index in [1.807, 2.05) is 19.1 Å². The van der Waals surface area contributed by atoms with E-state index in [-0.39, 0.29) is 5.92 Å². The van der Waals surface area contributed by atoms with Gasteiger partial charge >= 0.3 is 5.97 Å². The molecule has 28 heavy (non-hydrogen) atoms. The maximum atomic E-state index is 12.3. The van der Waals surface area contributed by atoms with Crippen molar-refractivity contribution >= 4 is 11.7 Å². The molecule has 7 heteroatoms. The van der Waals surface area contributed by atoms with Gasteiger partial charge in [0.25, 0.3) is 5.56 Å². The number of hydrogen-bond donors (Lipinski definition) is 4. The molecule has 1 saturated carbocycles. The van der Waals surface area contributed by atoms with Gasteiger partial charge in [-0.25, -0.2) is 4.79 Å². The van der Waals surface area contributed by atoms with E-state index in [0.29, 0.717) is 29.1 Å². The van der Waals surface area contributed by atoms with Gasteiger partial charge in [-0.15, -0.1) is 0 Å². The van der Waals surface area contributed by atoms with Crippen molar-refractivity contribution in [3.05, 3.63) is 45.2 Å². The second-order valence-electron chi connectivity index (χ2n) is 8.36. The van der Waals surface area contributed by atoms with Crippen LogP contribution in [-0.4, -0.2) is 40.3 Å². The third-order valence-electron chi connectivity index (χ3n) is 6.76. The lowest BCUT2D eigenvalue weighted by Crippen LogP contribution is -2.28. The number of aromatic carboxylic acids is 1. The number of benzene rings is 1. The lowest BCUT2D eigenvalue weighted by molar-refractivity contribution is 0.0691. The first kappa shape index (κ1) is 17.3. The second-order valence-corrected chi connectivity index (χ2v) is 8.36. The molecule has 1 aliphatic heterocycles. The Morgan fingerprint density at radius 1 is 1.29 bits per heavy atom. The zero-order valence-electron chi connectivity index (χ0n) is 15.6. The maximum absolute atomic E-state index is 12.3. The molecule has 3 aliphatic rings. The van der Waals surface area contributed by atoms with Crippen LogP contribution in [0.4, 0.5) is 5.69 Å². The summed E-state index contributed by atoms with van der Waals surface area (Å²) in [5.41, 5.74) is 8.84. The molecule has 2 heterocycles. The number of pyridine rings is 1. The predicted octanol–water partition coefficient (Wildman–Crippen LogP) is 1.89. The van der Waals surface area contributed by atoms with Gasteiger partial charge in [0.2, 0.25) is 0 Å². The fourth-order valence-electron chi connectivity index (χ4n) is 5.02. The normalized spacial score (nSPS) is 27.6. The predicted molar refractivity (Wildman–Crippen MR) is 105 cm³/mol. The van der Waals surface area contributed by atoms with Crippen LogP contribution in [0.2, 0.25) is 0 Å². The number of hydrogen-bond acceptors (Lipinski definition) is 5. The summed E-state index contributed by atoms with van der Waals surface area (Å²) < 4.78 is 0. The first-order chi connectivity index (χ1) is 13.4. The van der Waals surface area contributed by atoms with Gasteiger partial charge in [-0.05, 0) is 48.3 Å². The number of carbonyl (C=O) groups is 1. The fraction of sp³-hybridized carbons (Fsp3) is 0.429. The number of aryl methyl sites for hydroxylation is 1. The van der Waals surface area contributed by atoms with Crippen molar-refractivity contribution in [1.82, 2.24) is 4.98 Å². The first-order valence-electron chi connectivity index (χ1n) is 9.73. The first-order valence-corrected chi connectivity index (χ1v) is 9.73. The highest BCUT2D eigenvalue weighted by Crippen LogP contribution is 2.47. The van der Waals surface area contributed by atoms with Gasteiger partial charge in [0.15, 0.2) is 5.56 Å². The van der Waals surface area contributed by atoms with Crippen LogP contribution in [0.5, 0.6) is 5.75 Å². The summed E-state index contributed by atoms with van der Waals surface area (Å²) in [6, 6.07) is 6.52. The molecule has 4 atom stereocenters. The van der Waals surface area contributed by atoms with Gasteiger partial charge in [-0.3, -0.25) is 4.79 Å². The van der Waals surface area contributed by atoms with E-state index in [2.05, 4.69) is 16.0 Å².